The molecule has 1 fully saturated rings. The predicted octanol–water partition coefficient (Wildman–Crippen LogP) is 3.00. The summed E-state index contributed by atoms with van der Waals surface area (Å²) in [7, 11) is 0. The highest BCUT2D eigenvalue weighted by atomic mass is 35.5. The molecule has 6 heteroatoms. The van der Waals surface area contributed by atoms with Crippen molar-refractivity contribution in [2.24, 2.45) is 5.92 Å². The Labute approximate surface area is 123 Å². The van der Waals surface area contributed by atoms with E-state index >= 15 is 0 Å². The molecular weight excluding hydrogens is 291 g/mol. The Bertz CT molecular complexity index is 393. The summed E-state index contributed by atoms with van der Waals surface area (Å²) < 4.78 is 0.757. The van der Waals surface area contributed by atoms with Gasteiger partial charge in [0.25, 0.3) is 0 Å². The zero-order valence-electron chi connectivity index (χ0n) is 10.2. The van der Waals surface area contributed by atoms with E-state index in [9.17, 15) is 4.79 Å². The van der Waals surface area contributed by atoms with Gasteiger partial charge in [-0.3, -0.25) is 4.79 Å². The minimum absolute atomic E-state index is 0. The summed E-state index contributed by atoms with van der Waals surface area (Å²) in [6.45, 7) is 3.34. The quantitative estimate of drug-likeness (QED) is 0.848. The van der Waals surface area contributed by atoms with Crippen molar-refractivity contribution in [3.05, 3.63) is 21.3 Å². The highest BCUT2D eigenvalue weighted by Crippen LogP contribution is 2.27. The zero-order chi connectivity index (χ0) is 12.3. The Kier molecular flexibility index (Phi) is 6.43. The summed E-state index contributed by atoms with van der Waals surface area (Å²) in [5.74, 6) is 0.846. The molecule has 18 heavy (non-hydrogen) atoms. The molecule has 1 saturated carbocycles. The lowest BCUT2D eigenvalue weighted by Crippen LogP contribution is -2.35. The van der Waals surface area contributed by atoms with Crippen molar-refractivity contribution in [1.82, 2.24) is 10.6 Å². The van der Waals surface area contributed by atoms with E-state index in [1.165, 1.54) is 24.2 Å². The molecule has 0 radical (unpaired) electrons. The Morgan fingerprint density at radius 2 is 2.28 bits per heavy atom. The number of halogens is 2. The average molecular weight is 309 g/mol. The van der Waals surface area contributed by atoms with Crippen LogP contribution >= 0.6 is 35.3 Å². The predicted molar refractivity (Wildman–Crippen MR) is 78.7 cm³/mol. The zero-order valence-corrected chi connectivity index (χ0v) is 12.6. The number of nitrogens with one attached hydrogen (secondary N) is 2. The lowest BCUT2D eigenvalue weighted by atomic mass is 10.3. The second-order valence-electron chi connectivity index (χ2n) is 4.51. The monoisotopic (exact) mass is 308 g/mol. The molecule has 1 aromatic heterocycles. The van der Waals surface area contributed by atoms with E-state index in [4.69, 9.17) is 11.6 Å². The van der Waals surface area contributed by atoms with E-state index in [1.54, 1.807) is 0 Å². The van der Waals surface area contributed by atoms with Crippen LogP contribution in [0.5, 0.6) is 0 Å². The molecule has 1 unspecified atom stereocenters. The van der Waals surface area contributed by atoms with Crippen molar-refractivity contribution in [2.75, 3.05) is 13.1 Å². The molecule has 0 saturated heterocycles. The van der Waals surface area contributed by atoms with Crippen LogP contribution < -0.4 is 10.6 Å². The third kappa shape index (κ3) is 5.14. The standard InChI is InChI=1S/C12H17ClN2OS.ClH/c1-8(10-4-5-11(13)17-10)15-12(16)7-14-6-9-2-3-9;/h4-5,8-9,14H,2-3,6-7H2,1H3,(H,15,16);1H. The second kappa shape index (κ2) is 7.34. The molecule has 1 aromatic rings. The molecule has 1 heterocycles. The molecule has 0 bridgehead atoms. The molecular formula is C12H18Cl2N2OS. The molecule has 2 rings (SSSR count). The van der Waals surface area contributed by atoms with Crippen LogP contribution in [0.4, 0.5) is 0 Å². The minimum atomic E-state index is 0. The van der Waals surface area contributed by atoms with Gasteiger partial charge < -0.3 is 10.6 Å². The molecule has 1 atom stereocenters. The van der Waals surface area contributed by atoms with Crippen LogP contribution in [0, 0.1) is 5.92 Å². The largest absolute Gasteiger partial charge is 0.348 e. The fourth-order valence-electron chi connectivity index (χ4n) is 1.64. The Morgan fingerprint density at radius 3 is 2.83 bits per heavy atom. The topological polar surface area (TPSA) is 41.1 Å². The number of amides is 1. The average Bonchev–Trinajstić information content (AvgIpc) is 2.99. The summed E-state index contributed by atoms with van der Waals surface area (Å²) in [5.41, 5.74) is 0. The summed E-state index contributed by atoms with van der Waals surface area (Å²) in [6.07, 6.45) is 2.61. The Balaban J connectivity index is 0.00000162. The first kappa shape index (κ1) is 15.8. The maximum Gasteiger partial charge on any atom is 0.234 e. The van der Waals surface area contributed by atoms with Crippen molar-refractivity contribution < 1.29 is 4.79 Å². The minimum Gasteiger partial charge on any atom is -0.348 e. The second-order valence-corrected chi connectivity index (χ2v) is 6.25. The van der Waals surface area contributed by atoms with E-state index < -0.39 is 0 Å². The van der Waals surface area contributed by atoms with Crippen LogP contribution in [0.1, 0.15) is 30.7 Å². The summed E-state index contributed by atoms with van der Waals surface area (Å²) in [5, 5.41) is 6.13. The summed E-state index contributed by atoms with van der Waals surface area (Å²) >= 11 is 7.37. The van der Waals surface area contributed by atoms with Crippen molar-refractivity contribution in [1.29, 1.82) is 0 Å². The van der Waals surface area contributed by atoms with Gasteiger partial charge in [0, 0.05) is 4.88 Å². The van der Waals surface area contributed by atoms with Gasteiger partial charge >= 0.3 is 0 Å². The van der Waals surface area contributed by atoms with Gasteiger partial charge in [-0.25, -0.2) is 0 Å². The van der Waals surface area contributed by atoms with Crippen LogP contribution in [0.3, 0.4) is 0 Å². The Hall–Kier alpha value is -0.290. The fourth-order valence-corrected chi connectivity index (χ4v) is 2.70. The first-order valence-electron chi connectivity index (χ1n) is 5.90. The van der Waals surface area contributed by atoms with E-state index in [-0.39, 0.29) is 24.4 Å². The van der Waals surface area contributed by atoms with Crippen LogP contribution in [0.2, 0.25) is 4.34 Å². The number of hydrogen-bond donors (Lipinski definition) is 2. The van der Waals surface area contributed by atoms with Crippen LogP contribution in [-0.2, 0) is 4.79 Å². The van der Waals surface area contributed by atoms with Gasteiger partial charge in [-0.2, -0.15) is 0 Å². The van der Waals surface area contributed by atoms with E-state index in [2.05, 4.69) is 10.6 Å². The maximum absolute atomic E-state index is 11.6. The van der Waals surface area contributed by atoms with Gasteiger partial charge in [-0.15, -0.1) is 23.7 Å². The number of rotatable bonds is 6. The number of hydrogen-bond acceptors (Lipinski definition) is 3. The van der Waals surface area contributed by atoms with Crippen molar-refractivity contribution in [2.45, 2.75) is 25.8 Å². The molecule has 0 aromatic carbocycles. The van der Waals surface area contributed by atoms with Gasteiger partial charge in [0.2, 0.25) is 5.91 Å². The third-order valence-electron chi connectivity index (χ3n) is 2.81. The van der Waals surface area contributed by atoms with Crippen LogP contribution in [0.15, 0.2) is 12.1 Å². The normalized spacial score (nSPS) is 15.9. The molecule has 3 nitrogen and oxygen atoms in total. The highest BCUT2D eigenvalue weighted by Gasteiger charge is 2.20. The van der Waals surface area contributed by atoms with Crippen LogP contribution in [0.25, 0.3) is 0 Å². The van der Waals surface area contributed by atoms with Crippen molar-refractivity contribution in [3.63, 3.8) is 0 Å². The van der Waals surface area contributed by atoms with Crippen molar-refractivity contribution >= 4 is 41.3 Å². The molecule has 102 valence electrons. The SMILES string of the molecule is CC(NC(=O)CNCC1CC1)c1ccc(Cl)s1.Cl. The highest BCUT2D eigenvalue weighted by molar-refractivity contribution is 7.16. The lowest BCUT2D eigenvalue weighted by Gasteiger charge is -2.12. The van der Waals surface area contributed by atoms with E-state index in [0.717, 1.165) is 21.7 Å². The molecule has 0 aliphatic heterocycles. The first-order chi connectivity index (χ1) is 8.15. The Morgan fingerprint density at radius 1 is 1.56 bits per heavy atom. The first-order valence-corrected chi connectivity index (χ1v) is 7.10. The number of carbonyl (C=O) groups is 1. The van der Waals surface area contributed by atoms with Gasteiger partial charge in [0.05, 0.1) is 16.9 Å². The van der Waals surface area contributed by atoms with Gasteiger partial charge in [-0.1, -0.05) is 11.6 Å². The van der Waals surface area contributed by atoms with Gasteiger partial charge in [0.15, 0.2) is 0 Å². The van der Waals surface area contributed by atoms with E-state index in [0.29, 0.717) is 6.54 Å². The fraction of sp³-hybridized carbons (Fsp3) is 0.583. The van der Waals surface area contributed by atoms with E-state index in [1.807, 2.05) is 19.1 Å². The molecule has 1 aliphatic rings. The van der Waals surface area contributed by atoms with Gasteiger partial charge in [0.1, 0.15) is 0 Å². The summed E-state index contributed by atoms with van der Waals surface area (Å²) in [4.78, 5) is 12.7. The smallest absolute Gasteiger partial charge is 0.234 e. The molecule has 1 amide bonds. The number of thiophene rings is 1. The molecule has 1 aliphatic carbocycles. The molecule has 0 spiro atoms. The maximum atomic E-state index is 11.6. The van der Waals surface area contributed by atoms with Gasteiger partial charge in [-0.05, 0) is 44.4 Å². The van der Waals surface area contributed by atoms with Crippen LogP contribution in [-0.4, -0.2) is 19.0 Å². The number of carbonyl (C=O) groups excluding carboxylic acids is 1. The van der Waals surface area contributed by atoms with Crippen molar-refractivity contribution in [3.8, 4) is 0 Å². The lowest BCUT2D eigenvalue weighted by molar-refractivity contribution is -0.120. The third-order valence-corrected chi connectivity index (χ3v) is 4.23. The summed E-state index contributed by atoms with van der Waals surface area (Å²) in [6, 6.07) is 3.84. The molecule has 2 N–H and O–H groups in total.